The molecule has 1 N–H and O–H groups in total. The van der Waals surface area contributed by atoms with E-state index in [1.165, 1.54) is 19.3 Å². The Labute approximate surface area is 109 Å². The fourth-order valence-corrected chi connectivity index (χ4v) is 2.53. The molecule has 1 saturated carbocycles. The van der Waals surface area contributed by atoms with Crippen molar-refractivity contribution in [2.75, 3.05) is 20.6 Å². The van der Waals surface area contributed by atoms with Gasteiger partial charge in [0.25, 0.3) is 0 Å². The Hall–Kier alpha value is -0.930. The minimum atomic E-state index is -0.0877. The molecule has 2 nitrogen and oxygen atoms in total. The van der Waals surface area contributed by atoms with Crippen LogP contribution in [0.2, 0.25) is 0 Å². The molecule has 0 spiro atoms. The molecule has 1 aliphatic carbocycles. The summed E-state index contributed by atoms with van der Waals surface area (Å²) in [5.41, 5.74) is 1.95. The first-order valence-corrected chi connectivity index (χ1v) is 6.79. The molecule has 0 aliphatic heterocycles. The Morgan fingerprint density at radius 2 is 2.17 bits per heavy atom. The number of hydrogen-bond acceptors (Lipinski definition) is 2. The maximum Gasteiger partial charge on any atom is 0.127 e. The van der Waals surface area contributed by atoms with E-state index < -0.39 is 0 Å². The number of nitrogens with zero attached hydrogens (tertiary/aromatic N) is 1. The Balaban J connectivity index is 1.95. The summed E-state index contributed by atoms with van der Waals surface area (Å²) in [6.45, 7) is 2.59. The summed E-state index contributed by atoms with van der Waals surface area (Å²) in [5, 5.41) is 3.10. The van der Waals surface area contributed by atoms with Crippen molar-refractivity contribution in [3.05, 3.63) is 35.1 Å². The molecular formula is C15H23FN2. The van der Waals surface area contributed by atoms with E-state index >= 15 is 0 Å². The predicted octanol–water partition coefficient (Wildman–Crippen LogP) is 2.78. The van der Waals surface area contributed by atoms with Crippen LogP contribution in [0.4, 0.5) is 4.39 Å². The van der Waals surface area contributed by atoms with Gasteiger partial charge in [0.05, 0.1) is 0 Å². The molecule has 1 aromatic rings. The van der Waals surface area contributed by atoms with Crippen LogP contribution < -0.4 is 5.32 Å². The zero-order valence-electron chi connectivity index (χ0n) is 11.4. The van der Waals surface area contributed by atoms with Crippen molar-refractivity contribution in [3.8, 4) is 0 Å². The highest BCUT2D eigenvalue weighted by Gasteiger charge is 2.19. The number of nitrogens with one attached hydrogen (secondary N) is 1. The van der Waals surface area contributed by atoms with E-state index in [9.17, 15) is 4.39 Å². The van der Waals surface area contributed by atoms with Crippen molar-refractivity contribution in [1.82, 2.24) is 10.2 Å². The molecule has 2 rings (SSSR count). The highest BCUT2D eigenvalue weighted by Crippen LogP contribution is 2.27. The number of halogens is 1. The lowest BCUT2D eigenvalue weighted by atomic mass is 9.85. The molecule has 1 aliphatic rings. The molecule has 0 saturated heterocycles. The van der Waals surface area contributed by atoms with Crippen LogP contribution in [-0.4, -0.2) is 25.5 Å². The smallest absolute Gasteiger partial charge is 0.127 e. The standard InChI is InChI=1S/C15H23FN2/c1-17-9-13-6-7-15(16)14(8-13)11-18(2)10-12-4-3-5-12/h6-8,12,17H,3-5,9-11H2,1-2H3. The molecule has 0 heterocycles. The van der Waals surface area contributed by atoms with Gasteiger partial charge in [-0.15, -0.1) is 0 Å². The summed E-state index contributed by atoms with van der Waals surface area (Å²) < 4.78 is 13.8. The van der Waals surface area contributed by atoms with E-state index in [4.69, 9.17) is 0 Å². The van der Waals surface area contributed by atoms with Crippen LogP contribution in [-0.2, 0) is 13.1 Å². The first-order valence-electron chi connectivity index (χ1n) is 6.79. The van der Waals surface area contributed by atoms with E-state index in [0.717, 1.165) is 30.1 Å². The molecule has 0 radical (unpaired) electrons. The van der Waals surface area contributed by atoms with Crippen molar-refractivity contribution in [1.29, 1.82) is 0 Å². The van der Waals surface area contributed by atoms with Crippen molar-refractivity contribution < 1.29 is 4.39 Å². The van der Waals surface area contributed by atoms with Gasteiger partial charge in [0.15, 0.2) is 0 Å². The van der Waals surface area contributed by atoms with Gasteiger partial charge in [-0.1, -0.05) is 18.6 Å². The molecule has 0 atom stereocenters. The monoisotopic (exact) mass is 250 g/mol. The third-order valence-corrected chi connectivity index (χ3v) is 3.73. The third kappa shape index (κ3) is 3.53. The van der Waals surface area contributed by atoms with E-state index in [1.54, 1.807) is 6.07 Å². The summed E-state index contributed by atoms with van der Waals surface area (Å²) in [6.07, 6.45) is 4.05. The van der Waals surface area contributed by atoms with E-state index in [-0.39, 0.29) is 5.82 Å². The lowest BCUT2D eigenvalue weighted by molar-refractivity contribution is 0.199. The Bertz CT molecular complexity index is 388. The van der Waals surface area contributed by atoms with Crippen LogP contribution in [0.5, 0.6) is 0 Å². The molecule has 0 aromatic heterocycles. The molecule has 3 heteroatoms. The first-order chi connectivity index (χ1) is 8.69. The highest BCUT2D eigenvalue weighted by molar-refractivity contribution is 5.25. The average Bonchev–Trinajstić information content (AvgIpc) is 2.29. The summed E-state index contributed by atoms with van der Waals surface area (Å²) in [4.78, 5) is 2.24. The molecule has 0 amide bonds. The van der Waals surface area contributed by atoms with Crippen LogP contribution in [0.3, 0.4) is 0 Å². The minimum Gasteiger partial charge on any atom is -0.316 e. The van der Waals surface area contributed by atoms with Crippen molar-refractivity contribution in [3.63, 3.8) is 0 Å². The molecule has 0 bridgehead atoms. The van der Waals surface area contributed by atoms with Crippen LogP contribution in [0.25, 0.3) is 0 Å². The van der Waals surface area contributed by atoms with Crippen LogP contribution in [0.1, 0.15) is 30.4 Å². The molecule has 0 unspecified atom stereocenters. The number of benzene rings is 1. The molecule has 18 heavy (non-hydrogen) atoms. The third-order valence-electron chi connectivity index (χ3n) is 3.73. The normalized spacial score (nSPS) is 16.0. The zero-order chi connectivity index (χ0) is 13.0. The topological polar surface area (TPSA) is 15.3 Å². The average molecular weight is 250 g/mol. The molecule has 1 aromatic carbocycles. The molecular weight excluding hydrogens is 227 g/mol. The lowest BCUT2D eigenvalue weighted by Crippen LogP contribution is -2.29. The van der Waals surface area contributed by atoms with E-state index in [1.807, 2.05) is 19.2 Å². The SMILES string of the molecule is CNCc1ccc(F)c(CN(C)CC2CCC2)c1. The Morgan fingerprint density at radius 1 is 1.39 bits per heavy atom. The van der Waals surface area contributed by atoms with Gasteiger partial charge in [-0.25, -0.2) is 4.39 Å². The minimum absolute atomic E-state index is 0.0877. The maximum atomic E-state index is 13.8. The second-order valence-electron chi connectivity index (χ2n) is 5.45. The summed E-state index contributed by atoms with van der Waals surface area (Å²) in [5.74, 6) is 0.744. The fraction of sp³-hybridized carbons (Fsp3) is 0.600. The predicted molar refractivity (Wildman–Crippen MR) is 72.8 cm³/mol. The van der Waals surface area contributed by atoms with Gasteiger partial charge in [0, 0.05) is 25.2 Å². The second kappa shape index (κ2) is 6.30. The number of rotatable bonds is 6. The van der Waals surface area contributed by atoms with Gasteiger partial charge in [-0.2, -0.15) is 0 Å². The first kappa shape index (κ1) is 13.5. The van der Waals surface area contributed by atoms with Crippen molar-refractivity contribution >= 4 is 0 Å². The van der Waals surface area contributed by atoms with Crippen molar-refractivity contribution in [2.24, 2.45) is 5.92 Å². The largest absolute Gasteiger partial charge is 0.316 e. The number of hydrogen-bond donors (Lipinski definition) is 1. The highest BCUT2D eigenvalue weighted by atomic mass is 19.1. The zero-order valence-corrected chi connectivity index (χ0v) is 11.4. The fourth-order valence-electron chi connectivity index (χ4n) is 2.53. The van der Waals surface area contributed by atoms with Gasteiger partial charge in [-0.05, 0) is 44.5 Å². The summed E-state index contributed by atoms with van der Waals surface area (Å²) in [6, 6.07) is 5.41. The van der Waals surface area contributed by atoms with Crippen LogP contribution in [0.15, 0.2) is 18.2 Å². The van der Waals surface area contributed by atoms with Crippen LogP contribution in [0, 0.1) is 11.7 Å². The van der Waals surface area contributed by atoms with Gasteiger partial charge < -0.3 is 10.2 Å². The van der Waals surface area contributed by atoms with Crippen LogP contribution >= 0.6 is 0 Å². The Kier molecular flexibility index (Phi) is 4.72. The molecule has 100 valence electrons. The van der Waals surface area contributed by atoms with Gasteiger partial charge in [-0.3, -0.25) is 0 Å². The van der Waals surface area contributed by atoms with Gasteiger partial charge in [0.1, 0.15) is 5.82 Å². The maximum absolute atomic E-state index is 13.8. The van der Waals surface area contributed by atoms with Gasteiger partial charge in [0.2, 0.25) is 0 Å². The Morgan fingerprint density at radius 3 is 2.78 bits per heavy atom. The van der Waals surface area contributed by atoms with Gasteiger partial charge >= 0.3 is 0 Å². The van der Waals surface area contributed by atoms with E-state index in [2.05, 4.69) is 17.3 Å². The second-order valence-corrected chi connectivity index (χ2v) is 5.45. The van der Waals surface area contributed by atoms with E-state index in [0.29, 0.717) is 6.54 Å². The quantitative estimate of drug-likeness (QED) is 0.835. The summed E-state index contributed by atoms with van der Waals surface area (Å²) >= 11 is 0. The van der Waals surface area contributed by atoms with Crippen molar-refractivity contribution in [2.45, 2.75) is 32.4 Å². The summed E-state index contributed by atoms with van der Waals surface area (Å²) in [7, 11) is 3.99. The lowest BCUT2D eigenvalue weighted by Gasteiger charge is -2.30. The molecule has 1 fully saturated rings.